The van der Waals surface area contributed by atoms with Gasteiger partial charge in [0, 0.05) is 12.3 Å². The highest BCUT2D eigenvalue weighted by Crippen LogP contribution is 2.11. The van der Waals surface area contributed by atoms with Crippen molar-refractivity contribution >= 4 is 0 Å². The minimum atomic E-state index is -0.682. The van der Waals surface area contributed by atoms with Gasteiger partial charge >= 0.3 is 0 Å². The molecule has 0 aromatic heterocycles. The summed E-state index contributed by atoms with van der Waals surface area (Å²) in [7, 11) is 0. The Morgan fingerprint density at radius 2 is 2.18 bits per heavy atom. The van der Waals surface area contributed by atoms with Gasteiger partial charge in [-0.25, -0.2) is 0 Å². The van der Waals surface area contributed by atoms with Crippen LogP contribution in [0.1, 0.15) is 13.3 Å². The van der Waals surface area contributed by atoms with E-state index in [1.807, 2.05) is 0 Å². The summed E-state index contributed by atoms with van der Waals surface area (Å²) in [6.45, 7) is 5.14. The number of hydrogen-bond acceptors (Lipinski definition) is 2. The fraction of sp³-hybridized carbons (Fsp3) is 0.556. The lowest BCUT2D eigenvalue weighted by atomic mass is 9.96. The smallest absolute Gasteiger partial charge is 0.0768 e. The number of hydrogen-bond donors (Lipinski definition) is 2. The van der Waals surface area contributed by atoms with Crippen LogP contribution >= 0.6 is 0 Å². The van der Waals surface area contributed by atoms with Gasteiger partial charge in [0.05, 0.1) is 12.2 Å². The molecule has 0 aromatic rings. The van der Waals surface area contributed by atoms with Crippen LogP contribution in [0.4, 0.5) is 0 Å². The van der Waals surface area contributed by atoms with Gasteiger partial charge in [-0.3, -0.25) is 0 Å². The Morgan fingerprint density at radius 3 is 2.55 bits per heavy atom. The lowest BCUT2D eigenvalue weighted by Gasteiger charge is -2.19. The zero-order valence-electron chi connectivity index (χ0n) is 6.70. The molecule has 11 heavy (non-hydrogen) atoms. The predicted octanol–water partition coefficient (Wildman–Crippen LogP) is 0.554. The van der Waals surface area contributed by atoms with Crippen LogP contribution in [0.3, 0.4) is 0 Å². The van der Waals surface area contributed by atoms with Crippen molar-refractivity contribution < 1.29 is 10.2 Å². The minimum absolute atomic E-state index is 0.247. The molecule has 0 aliphatic carbocycles. The quantitative estimate of drug-likeness (QED) is 0.458. The van der Waals surface area contributed by atoms with Crippen molar-refractivity contribution in [3.05, 3.63) is 12.7 Å². The summed E-state index contributed by atoms with van der Waals surface area (Å²) in [4.78, 5) is 0. The van der Waals surface area contributed by atoms with Gasteiger partial charge in [0.25, 0.3) is 0 Å². The Bertz CT molecular complexity index is 157. The molecule has 0 rings (SSSR count). The third-order valence-electron chi connectivity index (χ3n) is 1.71. The van der Waals surface area contributed by atoms with Crippen molar-refractivity contribution in [3.8, 4) is 12.3 Å². The summed E-state index contributed by atoms with van der Waals surface area (Å²) in [5.74, 6) is 2.09. The average Bonchev–Trinajstić information content (AvgIpc) is 2.02. The largest absolute Gasteiger partial charge is 0.392 e. The first-order chi connectivity index (χ1) is 5.13. The van der Waals surface area contributed by atoms with Crippen molar-refractivity contribution in [2.45, 2.75) is 25.6 Å². The number of aliphatic hydroxyl groups is 2. The van der Waals surface area contributed by atoms with Gasteiger partial charge in [-0.15, -0.1) is 18.9 Å². The van der Waals surface area contributed by atoms with Gasteiger partial charge in [-0.1, -0.05) is 13.0 Å². The first kappa shape index (κ1) is 10.2. The van der Waals surface area contributed by atoms with Gasteiger partial charge in [-0.05, 0) is 0 Å². The molecule has 0 spiro atoms. The Morgan fingerprint density at radius 1 is 1.64 bits per heavy atom. The Kier molecular flexibility index (Phi) is 4.60. The molecular weight excluding hydrogens is 140 g/mol. The van der Waals surface area contributed by atoms with E-state index >= 15 is 0 Å². The molecule has 2 heteroatoms. The topological polar surface area (TPSA) is 40.5 Å². The summed E-state index contributed by atoms with van der Waals surface area (Å²) in [5, 5.41) is 18.4. The van der Waals surface area contributed by atoms with E-state index in [0.717, 1.165) is 0 Å². The molecule has 0 heterocycles. The average molecular weight is 154 g/mol. The Balaban J connectivity index is 3.91. The van der Waals surface area contributed by atoms with E-state index in [-0.39, 0.29) is 12.3 Å². The van der Waals surface area contributed by atoms with E-state index in [1.54, 1.807) is 6.92 Å². The van der Waals surface area contributed by atoms with Gasteiger partial charge < -0.3 is 10.2 Å². The van der Waals surface area contributed by atoms with Crippen molar-refractivity contribution in [2.75, 3.05) is 0 Å². The predicted molar refractivity (Wildman–Crippen MR) is 44.8 cm³/mol. The molecular formula is C9H14O2. The lowest BCUT2D eigenvalue weighted by molar-refractivity contribution is 0.0485. The Hall–Kier alpha value is -0.780. The van der Waals surface area contributed by atoms with Gasteiger partial charge in [0.2, 0.25) is 0 Å². The van der Waals surface area contributed by atoms with Crippen LogP contribution < -0.4 is 0 Å². The second kappa shape index (κ2) is 4.95. The maximum absolute atomic E-state index is 9.27. The molecule has 0 amide bonds. The molecule has 0 aliphatic heterocycles. The van der Waals surface area contributed by atoms with Crippen molar-refractivity contribution in [3.63, 3.8) is 0 Å². The highest BCUT2D eigenvalue weighted by atomic mass is 16.3. The summed E-state index contributed by atoms with van der Waals surface area (Å²) >= 11 is 0. The van der Waals surface area contributed by atoms with E-state index in [9.17, 15) is 10.2 Å². The molecule has 0 unspecified atom stereocenters. The molecule has 2 nitrogen and oxygen atoms in total. The van der Waals surface area contributed by atoms with Crippen LogP contribution in [-0.2, 0) is 0 Å². The SMILES string of the molecule is C#CC[C@H](O)[C@H](C)[C@H](O)C=C. The Labute approximate surface area is 67.6 Å². The normalized spacial score (nSPS) is 18.0. The fourth-order valence-electron chi connectivity index (χ4n) is 0.749. The second-order valence-electron chi connectivity index (χ2n) is 2.56. The van der Waals surface area contributed by atoms with Crippen molar-refractivity contribution in [1.82, 2.24) is 0 Å². The molecule has 0 saturated heterocycles. The van der Waals surface area contributed by atoms with Crippen LogP contribution in [0.15, 0.2) is 12.7 Å². The summed E-state index contributed by atoms with van der Waals surface area (Å²) in [5.41, 5.74) is 0. The highest BCUT2D eigenvalue weighted by Gasteiger charge is 2.18. The zero-order chi connectivity index (χ0) is 8.85. The molecule has 62 valence electrons. The lowest BCUT2D eigenvalue weighted by Crippen LogP contribution is -2.27. The standard InChI is InChI=1S/C9H14O2/c1-4-6-9(11)7(3)8(10)5-2/h1,5,7-11H,2,6H2,3H3/t7-,8-,9+/m1/s1. The second-order valence-corrected chi connectivity index (χ2v) is 2.56. The maximum Gasteiger partial charge on any atom is 0.0768 e. The van der Waals surface area contributed by atoms with E-state index in [4.69, 9.17) is 6.42 Å². The molecule has 0 aliphatic rings. The first-order valence-corrected chi connectivity index (χ1v) is 3.55. The number of rotatable bonds is 4. The van der Waals surface area contributed by atoms with Crippen molar-refractivity contribution in [1.29, 1.82) is 0 Å². The number of terminal acetylenes is 1. The van der Waals surface area contributed by atoms with E-state index in [1.165, 1.54) is 6.08 Å². The number of aliphatic hydroxyl groups excluding tert-OH is 2. The van der Waals surface area contributed by atoms with Crippen LogP contribution in [0.2, 0.25) is 0 Å². The molecule has 0 bridgehead atoms. The summed E-state index contributed by atoms with van der Waals surface area (Å²) in [6, 6.07) is 0. The monoisotopic (exact) mass is 154 g/mol. The van der Waals surface area contributed by atoms with Gasteiger partial charge in [0.1, 0.15) is 0 Å². The zero-order valence-corrected chi connectivity index (χ0v) is 6.70. The van der Waals surface area contributed by atoms with Crippen LogP contribution in [0.5, 0.6) is 0 Å². The van der Waals surface area contributed by atoms with Gasteiger partial charge in [0.15, 0.2) is 0 Å². The fourth-order valence-corrected chi connectivity index (χ4v) is 0.749. The van der Waals surface area contributed by atoms with Crippen LogP contribution in [0, 0.1) is 18.3 Å². The third kappa shape index (κ3) is 3.22. The third-order valence-corrected chi connectivity index (χ3v) is 1.71. The maximum atomic E-state index is 9.27. The van der Waals surface area contributed by atoms with E-state index < -0.39 is 12.2 Å². The van der Waals surface area contributed by atoms with Crippen LogP contribution in [0.25, 0.3) is 0 Å². The molecule has 0 saturated carbocycles. The summed E-state index contributed by atoms with van der Waals surface area (Å²) < 4.78 is 0. The highest BCUT2D eigenvalue weighted by molar-refractivity contribution is 4.92. The van der Waals surface area contributed by atoms with E-state index in [0.29, 0.717) is 0 Å². The van der Waals surface area contributed by atoms with E-state index in [2.05, 4.69) is 12.5 Å². The minimum Gasteiger partial charge on any atom is -0.392 e. The van der Waals surface area contributed by atoms with Gasteiger partial charge in [-0.2, -0.15) is 0 Å². The first-order valence-electron chi connectivity index (χ1n) is 3.55. The summed E-state index contributed by atoms with van der Waals surface area (Å²) in [6.07, 6.45) is 5.33. The molecule has 0 radical (unpaired) electrons. The van der Waals surface area contributed by atoms with Crippen LogP contribution in [-0.4, -0.2) is 22.4 Å². The molecule has 0 fully saturated rings. The molecule has 3 atom stereocenters. The molecule has 2 N–H and O–H groups in total. The van der Waals surface area contributed by atoms with Crippen molar-refractivity contribution in [2.24, 2.45) is 5.92 Å². The molecule has 0 aromatic carbocycles.